The smallest absolute Gasteiger partial charge is 0.272 e. The molecule has 0 atom stereocenters. The predicted octanol–water partition coefficient (Wildman–Crippen LogP) is 1.60. The van der Waals surface area contributed by atoms with Crippen molar-refractivity contribution < 1.29 is 4.74 Å². The van der Waals surface area contributed by atoms with E-state index in [0.717, 1.165) is 5.56 Å². The number of anilines is 1. The summed E-state index contributed by atoms with van der Waals surface area (Å²) in [7, 11) is 0. The second kappa shape index (κ2) is 5.04. The fourth-order valence-electron chi connectivity index (χ4n) is 1.71. The van der Waals surface area contributed by atoms with Gasteiger partial charge in [-0.15, -0.1) is 0 Å². The van der Waals surface area contributed by atoms with Crippen LogP contribution in [0.3, 0.4) is 0 Å². The lowest BCUT2D eigenvalue weighted by molar-refractivity contribution is 0.334. The molecule has 94 valence electrons. The molecule has 18 heavy (non-hydrogen) atoms. The lowest BCUT2D eigenvalue weighted by atomic mass is 10.1. The van der Waals surface area contributed by atoms with Crippen molar-refractivity contribution in [3.63, 3.8) is 0 Å². The van der Waals surface area contributed by atoms with Crippen LogP contribution in [0, 0.1) is 6.92 Å². The van der Waals surface area contributed by atoms with Gasteiger partial charge in [0.15, 0.2) is 5.75 Å². The van der Waals surface area contributed by atoms with Crippen LogP contribution in [0.4, 0.5) is 5.69 Å². The molecule has 0 aliphatic carbocycles. The highest BCUT2D eigenvalue weighted by molar-refractivity contribution is 5.61. The molecule has 0 fully saturated rings. The maximum atomic E-state index is 11.4. The molecule has 0 aliphatic rings. The zero-order chi connectivity index (χ0) is 13.1. The van der Waals surface area contributed by atoms with Gasteiger partial charge in [0.2, 0.25) is 0 Å². The summed E-state index contributed by atoms with van der Waals surface area (Å²) in [6.45, 7) is 4.68. The van der Waals surface area contributed by atoms with Crippen molar-refractivity contribution >= 4 is 5.69 Å². The number of nitrogens with one attached hydrogen (secondary N) is 1. The molecule has 0 saturated carbocycles. The number of hydrogen-bond acceptors (Lipinski definition) is 4. The summed E-state index contributed by atoms with van der Waals surface area (Å²) in [5.74, 6) is 0.162. The van der Waals surface area contributed by atoms with E-state index in [1.54, 1.807) is 6.92 Å². The molecule has 0 bridgehead atoms. The normalized spacial score (nSPS) is 10.6. The Labute approximate surface area is 105 Å². The lowest BCUT2D eigenvalue weighted by Gasteiger charge is -2.13. The van der Waals surface area contributed by atoms with Crippen molar-refractivity contribution in [1.82, 2.24) is 0 Å². The highest BCUT2D eigenvalue weighted by Gasteiger charge is 2.21. The molecule has 0 amide bonds. The second-order valence-corrected chi connectivity index (χ2v) is 4.13. The molecular formula is C14H15NO3. The fraction of sp³-hybridized carbons (Fsp3) is 0.286. The molecule has 2 rings (SSSR count). The van der Waals surface area contributed by atoms with E-state index in [1.165, 1.54) is 5.56 Å². The molecule has 0 saturated heterocycles. The van der Waals surface area contributed by atoms with Crippen LogP contribution in [0.25, 0.3) is 0 Å². The van der Waals surface area contributed by atoms with Gasteiger partial charge in [0, 0.05) is 6.54 Å². The highest BCUT2D eigenvalue weighted by atomic mass is 16.5. The second-order valence-electron chi connectivity index (χ2n) is 4.13. The van der Waals surface area contributed by atoms with Gasteiger partial charge in [-0.05, 0) is 19.4 Å². The highest BCUT2D eigenvalue weighted by Crippen LogP contribution is 2.18. The first-order chi connectivity index (χ1) is 8.63. The molecule has 1 N–H and O–H groups in total. The maximum absolute atomic E-state index is 11.4. The van der Waals surface area contributed by atoms with Gasteiger partial charge in [-0.25, -0.2) is 0 Å². The Bertz CT molecular complexity index is 607. The Morgan fingerprint density at radius 3 is 2.39 bits per heavy atom. The fourth-order valence-corrected chi connectivity index (χ4v) is 1.71. The van der Waals surface area contributed by atoms with E-state index < -0.39 is 10.9 Å². The molecule has 0 unspecified atom stereocenters. The van der Waals surface area contributed by atoms with E-state index in [0.29, 0.717) is 18.8 Å². The summed E-state index contributed by atoms with van der Waals surface area (Å²) < 4.78 is 5.13. The van der Waals surface area contributed by atoms with Gasteiger partial charge in [0.1, 0.15) is 5.69 Å². The SMILES string of the molecule is CCOc1c(NCc2ccc(C)cc2)c(=O)c1=O. The zero-order valence-electron chi connectivity index (χ0n) is 10.4. The van der Waals surface area contributed by atoms with E-state index in [-0.39, 0.29) is 5.75 Å². The van der Waals surface area contributed by atoms with Crippen LogP contribution in [-0.4, -0.2) is 6.61 Å². The summed E-state index contributed by atoms with van der Waals surface area (Å²) in [5, 5.41) is 2.95. The van der Waals surface area contributed by atoms with Gasteiger partial charge >= 0.3 is 0 Å². The van der Waals surface area contributed by atoms with E-state index >= 15 is 0 Å². The third kappa shape index (κ3) is 2.27. The summed E-state index contributed by atoms with van der Waals surface area (Å²) in [5.41, 5.74) is 1.50. The van der Waals surface area contributed by atoms with Gasteiger partial charge < -0.3 is 10.1 Å². The number of rotatable bonds is 5. The molecule has 2 aromatic rings. The van der Waals surface area contributed by atoms with Gasteiger partial charge in [-0.3, -0.25) is 9.59 Å². The minimum Gasteiger partial charge on any atom is -0.488 e. The van der Waals surface area contributed by atoms with Gasteiger partial charge in [-0.1, -0.05) is 29.8 Å². The summed E-state index contributed by atoms with van der Waals surface area (Å²) in [6, 6.07) is 7.97. The van der Waals surface area contributed by atoms with Crippen molar-refractivity contribution in [2.75, 3.05) is 11.9 Å². The summed E-state index contributed by atoms with van der Waals surface area (Å²) in [4.78, 5) is 22.6. The standard InChI is InChI=1S/C14H15NO3/c1-3-18-14-11(12(16)13(14)17)15-8-10-6-4-9(2)5-7-10/h4-7,15H,3,8H2,1-2H3. The molecule has 0 heterocycles. The van der Waals surface area contributed by atoms with Crippen LogP contribution in [-0.2, 0) is 6.54 Å². The van der Waals surface area contributed by atoms with Crippen LogP contribution in [0.5, 0.6) is 5.75 Å². The molecule has 4 heteroatoms. The third-order valence-electron chi connectivity index (χ3n) is 2.75. The first kappa shape index (κ1) is 12.4. The quantitative estimate of drug-likeness (QED) is 0.813. The zero-order valence-corrected chi connectivity index (χ0v) is 10.4. The Hall–Kier alpha value is -2.10. The third-order valence-corrected chi connectivity index (χ3v) is 2.75. The number of benzene rings is 1. The number of hydrogen-bond donors (Lipinski definition) is 1. The minimum atomic E-state index is -0.539. The van der Waals surface area contributed by atoms with Crippen molar-refractivity contribution in [3.05, 3.63) is 55.8 Å². The van der Waals surface area contributed by atoms with Crippen LogP contribution in [0.1, 0.15) is 18.1 Å². The van der Waals surface area contributed by atoms with Gasteiger partial charge in [0.05, 0.1) is 6.61 Å². The van der Waals surface area contributed by atoms with Crippen LogP contribution < -0.4 is 20.9 Å². The molecule has 0 aliphatic heterocycles. The van der Waals surface area contributed by atoms with E-state index in [1.807, 2.05) is 31.2 Å². The van der Waals surface area contributed by atoms with E-state index in [2.05, 4.69) is 5.32 Å². The summed E-state index contributed by atoms with van der Waals surface area (Å²) in [6.07, 6.45) is 0. The van der Waals surface area contributed by atoms with Gasteiger partial charge in [-0.2, -0.15) is 0 Å². The molecule has 0 radical (unpaired) electrons. The van der Waals surface area contributed by atoms with Crippen molar-refractivity contribution in [1.29, 1.82) is 0 Å². The molecule has 2 aromatic carbocycles. The van der Waals surface area contributed by atoms with Crippen molar-refractivity contribution in [3.8, 4) is 5.75 Å². The Morgan fingerprint density at radius 2 is 1.78 bits per heavy atom. The Balaban J connectivity index is 2.07. The maximum Gasteiger partial charge on any atom is 0.272 e. The first-order valence-electron chi connectivity index (χ1n) is 5.89. The number of aryl methyl sites for hydroxylation is 1. The molecular weight excluding hydrogens is 230 g/mol. The monoisotopic (exact) mass is 245 g/mol. The van der Waals surface area contributed by atoms with Crippen LogP contribution >= 0.6 is 0 Å². The number of ether oxygens (including phenoxy) is 1. The first-order valence-corrected chi connectivity index (χ1v) is 5.89. The minimum absolute atomic E-state index is 0.162. The Morgan fingerprint density at radius 1 is 1.11 bits per heavy atom. The predicted molar refractivity (Wildman–Crippen MR) is 71.0 cm³/mol. The van der Waals surface area contributed by atoms with E-state index in [9.17, 15) is 9.59 Å². The molecule has 0 aromatic heterocycles. The van der Waals surface area contributed by atoms with Crippen molar-refractivity contribution in [2.45, 2.75) is 20.4 Å². The van der Waals surface area contributed by atoms with Crippen LogP contribution in [0.2, 0.25) is 0 Å². The average Bonchev–Trinajstić information content (AvgIpc) is 2.39. The molecule has 4 nitrogen and oxygen atoms in total. The van der Waals surface area contributed by atoms with Crippen molar-refractivity contribution in [2.24, 2.45) is 0 Å². The largest absolute Gasteiger partial charge is 0.488 e. The summed E-state index contributed by atoms with van der Waals surface area (Å²) >= 11 is 0. The molecule has 0 spiro atoms. The lowest BCUT2D eigenvalue weighted by Crippen LogP contribution is -2.35. The van der Waals surface area contributed by atoms with E-state index in [4.69, 9.17) is 4.74 Å². The van der Waals surface area contributed by atoms with Crippen LogP contribution in [0.15, 0.2) is 33.9 Å². The average molecular weight is 245 g/mol. The topological polar surface area (TPSA) is 55.4 Å². The Kier molecular flexibility index (Phi) is 3.46. The van der Waals surface area contributed by atoms with Gasteiger partial charge in [0.25, 0.3) is 10.9 Å².